The molecular weight excluding hydrogens is 444 g/mol. The predicted octanol–water partition coefficient (Wildman–Crippen LogP) is 4.96. The second-order valence-corrected chi connectivity index (χ2v) is 9.01. The number of carbonyl (C=O) groups is 3. The molecule has 0 aliphatic heterocycles. The predicted molar refractivity (Wildman–Crippen MR) is 135 cm³/mol. The SMILES string of the molecule is C=CCCC(NC(=O)OCC1c2ccccc2-c2ccccc21)C(=O)N(CCCC(=O)O)C(C)C. The first kappa shape index (κ1) is 26.0. The Hall–Kier alpha value is -3.61. The van der Waals surface area contributed by atoms with Gasteiger partial charge in [-0.2, -0.15) is 0 Å². The molecule has 0 saturated carbocycles. The molecule has 2 N–H and O–H groups in total. The topological polar surface area (TPSA) is 95.9 Å². The number of hydrogen-bond donors (Lipinski definition) is 2. The average molecular weight is 479 g/mol. The summed E-state index contributed by atoms with van der Waals surface area (Å²) in [6.45, 7) is 7.93. The van der Waals surface area contributed by atoms with Crippen molar-refractivity contribution in [3.05, 3.63) is 72.3 Å². The Bertz CT molecular complexity index is 1020. The lowest BCUT2D eigenvalue weighted by atomic mass is 9.98. The number of aliphatic carboxylic acids is 1. The fourth-order valence-corrected chi connectivity index (χ4v) is 4.55. The van der Waals surface area contributed by atoms with Crippen LogP contribution in [0.2, 0.25) is 0 Å². The third-order valence-corrected chi connectivity index (χ3v) is 6.29. The van der Waals surface area contributed by atoms with E-state index in [2.05, 4.69) is 36.2 Å². The van der Waals surface area contributed by atoms with Crippen LogP contribution < -0.4 is 5.32 Å². The van der Waals surface area contributed by atoms with Crippen LogP contribution in [-0.2, 0) is 14.3 Å². The maximum atomic E-state index is 13.3. The number of hydrogen-bond acceptors (Lipinski definition) is 4. The molecule has 1 aliphatic rings. The molecule has 0 fully saturated rings. The van der Waals surface area contributed by atoms with Crippen molar-refractivity contribution in [2.75, 3.05) is 13.2 Å². The summed E-state index contributed by atoms with van der Waals surface area (Å²) in [4.78, 5) is 38.6. The molecule has 1 unspecified atom stereocenters. The van der Waals surface area contributed by atoms with Crippen molar-refractivity contribution in [3.63, 3.8) is 0 Å². The number of carbonyl (C=O) groups excluding carboxylic acids is 2. The van der Waals surface area contributed by atoms with Crippen LogP contribution in [0.4, 0.5) is 4.79 Å². The van der Waals surface area contributed by atoms with Gasteiger partial charge in [0.2, 0.25) is 5.91 Å². The van der Waals surface area contributed by atoms with E-state index in [1.54, 1.807) is 11.0 Å². The molecule has 2 aromatic carbocycles. The molecule has 0 bridgehead atoms. The average Bonchev–Trinajstić information content (AvgIpc) is 3.16. The lowest BCUT2D eigenvalue weighted by Gasteiger charge is -2.31. The fraction of sp³-hybridized carbons (Fsp3) is 0.393. The van der Waals surface area contributed by atoms with Crippen molar-refractivity contribution >= 4 is 18.0 Å². The number of amides is 2. The summed E-state index contributed by atoms with van der Waals surface area (Å²) in [5, 5.41) is 11.7. The molecule has 0 saturated heterocycles. The van der Waals surface area contributed by atoms with Crippen molar-refractivity contribution in [1.82, 2.24) is 10.2 Å². The van der Waals surface area contributed by atoms with Gasteiger partial charge in [0.05, 0.1) is 0 Å². The number of nitrogens with zero attached hydrogens (tertiary/aromatic N) is 1. The van der Waals surface area contributed by atoms with E-state index in [9.17, 15) is 14.4 Å². The third-order valence-electron chi connectivity index (χ3n) is 6.29. The van der Waals surface area contributed by atoms with Crippen molar-refractivity contribution in [3.8, 4) is 11.1 Å². The highest BCUT2D eigenvalue weighted by molar-refractivity contribution is 5.86. The van der Waals surface area contributed by atoms with Crippen LogP contribution in [0.1, 0.15) is 56.6 Å². The zero-order chi connectivity index (χ0) is 25.4. The highest BCUT2D eigenvalue weighted by Crippen LogP contribution is 2.44. The van der Waals surface area contributed by atoms with Crippen molar-refractivity contribution in [2.24, 2.45) is 0 Å². The van der Waals surface area contributed by atoms with Crippen LogP contribution in [0.3, 0.4) is 0 Å². The van der Waals surface area contributed by atoms with Gasteiger partial charge in [0.25, 0.3) is 0 Å². The molecular formula is C28H34N2O5. The quantitative estimate of drug-likeness (QED) is 0.420. The summed E-state index contributed by atoms with van der Waals surface area (Å²) in [6, 6.07) is 15.3. The maximum Gasteiger partial charge on any atom is 0.407 e. The summed E-state index contributed by atoms with van der Waals surface area (Å²) in [5.41, 5.74) is 4.52. The zero-order valence-electron chi connectivity index (χ0n) is 20.4. The first-order chi connectivity index (χ1) is 16.8. The monoisotopic (exact) mass is 478 g/mol. The van der Waals surface area contributed by atoms with E-state index in [-0.39, 0.29) is 30.9 Å². The van der Waals surface area contributed by atoms with E-state index in [4.69, 9.17) is 9.84 Å². The Morgan fingerprint density at radius 2 is 1.69 bits per heavy atom. The summed E-state index contributed by atoms with van der Waals surface area (Å²) in [7, 11) is 0. The zero-order valence-corrected chi connectivity index (χ0v) is 20.4. The van der Waals surface area contributed by atoms with Gasteiger partial charge in [-0.15, -0.1) is 6.58 Å². The van der Waals surface area contributed by atoms with Crippen LogP contribution in [0.5, 0.6) is 0 Å². The molecule has 1 aliphatic carbocycles. The molecule has 7 nitrogen and oxygen atoms in total. The molecule has 0 spiro atoms. The lowest BCUT2D eigenvalue weighted by Crippen LogP contribution is -2.51. The maximum absolute atomic E-state index is 13.3. The molecule has 7 heteroatoms. The van der Waals surface area contributed by atoms with Crippen molar-refractivity contribution < 1.29 is 24.2 Å². The lowest BCUT2D eigenvalue weighted by molar-refractivity contribution is -0.139. The van der Waals surface area contributed by atoms with E-state index in [1.165, 1.54) is 0 Å². The Morgan fingerprint density at radius 3 is 2.23 bits per heavy atom. The number of ether oxygens (including phenoxy) is 1. The van der Waals surface area contributed by atoms with E-state index in [1.807, 2.05) is 38.1 Å². The smallest absolute Gasteiger partial charge is 0.407 e. The molecule has 1 atom stereocenters. The number of rotatable bonds is 12. The number of carboxylic acid groups (broad SMARTS) is 1. The second-order valence-electron chi connectivity index (χ2n) is 9.01. The molecule has 2 aromatic rings. The van der Waals surface area contributed by atoms with E-state index >= 15 is 0 Å². The van der Waals surface area contributed by atoms with E-state index in [0.717, 1.165) is 22.3 Å². The standard InChI is InChI=1S/C28H34N2O5/c1-4-5-15-25(27(33)30(19(2)3)17-10-16-26(31)32)29-28(34)35-18-24-22-13-8-6-11-20(22)21-12-7-9-14-23(21)24/h4,6-9,11-14,19,24-25H,1,5,10,15-18H2,2-3H3,(H,29,34)(H,31,32). The van der Waals surface area contributed by atoms with Crippen molar-refractivity contribution in [2.45, 2.75) is 57.5 Å². The number of allylic oxidation sites excluding steroid dienone is 1. The Kier molecular flexibility index (Phi) is 9.06. The van der Waals surface area contributed by atoms with Crippen LogP contribution in [0.25, 0.3) is 11.1 Å². The van der Waals surface area contributed by atoms with Gasteiger partial charge >= 0.3 is 12.1 Å². The summed E-state index contributed by atoms with van der Waals surface area (Å²) >= 11 is 0. The van der Waals surface area contributed by atoms with Gasteiger partial charge in [-0.1, -0.05) is 54.6 Å². The minimum Gasteiger partial charge on any atom is -0.481 e. The van der Waals surface area contributed by atoms with Crippen LogP contribution in [-0.4, -0.2) is 53.2 Å². The van der Waals surface area contributed by atoms with Gasteiger partial charge in [0.15, 0.2) is 0 Å². The van der Waals surface area contributed by atoms with Crippen LogP contribution in [0, 0.1) is 0 Å². The minimum atomic E-state index is -0.902. The van der Waals surface area contributed by atoms with Gasteiger partial charge in [0, 0.05) is 24.9 Å². The Morgan fingerprint density at radius 1 is 1.09 bits per heavy atom. The molecule has 35 heavy (non-hydrogen) atoms. The minimum absolute atomic E-state index is 0.0202. The van der Waals surface area contributed by atoms with Gasteiger partial charge in [-0.05, 0) is 55.4 Å². The van der Waals surface area contributed by atoms with Gasteiger partial charge in [-0.3, -0.25) is 9.59 Å². The second kappa shape index (κ2) is 12.2. The first-order valence-electron chi connectivity index (χ1n) is 12.1. The van der Waals surface area contributed by atoms with E-state index in [0.29, 0.717) is 25.8 Å². The largest absolute Gasteiger partial charge is 0.481 e. The van der Waals surface area contributed by atoms with Crippen molar-refractivity contribution in [1.29, 1.82) is 0 Å². The summed E-state index contributed by atoms with van der Waals surface area (Å²) in [6.07, 6.45) is 2.30. The molecule has 0 aromatic heterocycles. The number of benzene rings is 2. The van der Waals surface area contributed by atoms with Gasteiger partial charge in [-0.25, -0.2) is 4.79 Å². The number of nitrogens with one attached hydrogen (secondary N) is 1. The van der Waals surface area contributed by atoms with E-state index < -0.39 is 18.1 Å². The molecule has 3 rings (SSSR count). The number of carboxylic acids is 1. The normalized spacial score (nSPS) is 13.0. The Labute approximate surface area is 206 Å². The highest BCUT2D eigenvalue weighted by atomic mass is 16.5. The molecule has 2 amide bonds. The summed E-state index contributed by atoms with van der Waals surface area (Å²) in [5.74, 6) is -1.22. The molecule has 186 valence electrons. The number of alkyl carbamates (subject to hydrolysis) is 1. The Balaban J connectivity index is 1.67. The fourth-order valence-electron chi connectivity index (χ4n) is 4.55. The molecule has 0 heterocycles. The van der Waals surface area contributed by atoms with Gasteiger partial charge in [0.1, 0.15) is 12.6 Å². The number of fused-ring (bicyclic) bond motifs is 3. The summed E-state index contributed by atoms with van der Waals surface area (Å²) < 4.78 is 5.63. The van der Waals surface area contributed by atoms with Crippen LogP contribution >= 0.6 is 0 Å². The highest BCUT2D eigenvalue weighted by Gasteiger charge is 2.31. The van der Waals surface area contributed by atoms with Gasteiger partial charge < -0.3 is 20.1 Å². The third kappa shape index (κ3) is 6.50. The first-order valence-corrected chi connectivity index (χ1v) is 12.1. The molecule has 0 radical (unpaired) electrons. The van der Waals surface area contributed by atoms with Crippen LogP contribution in [0.15, 0.2) is 61.2 Å².